The van der Waals surface area contributed by atoms with Gasteiger partial charge < -0.3 is 9.84 Å². The number of rotatable bonds is 4. The molecule has 2 unspecified atom stereocenters. The Morgan fingerprint density at radius 2 is 2.24 bits per heavy atom. The summed E-state index contributed by atoms with van der Waals surface area (Å²) < 4.78 is 5.52. The lowest BCUT2D eigenvalue weighted by molar-refractivity contribution is 0.0812. The zero-order valence-electron chi connectivity index (χ0n) is 9.53. The van der Waals surface area contributed by atoms with Crippen LogP contribution in [-0.2, 0) is 4.74 Å². The van der Waals surface area contributed by atoms with Gasteiger partial charge in [-0.1, -0.05) is 23.2 Å². The Morgan fingerprint density at radius 1 is 1.41 bits per heavy atom. The van der Waals surface area contributed by atoms with Gasteiger partial charge in [-0.05, 0) is 43.9 Å². The summed E-state index contributed by atoms with van der Waals surface area (Å²) >= 11 is 11.9. The lowest BCUT2D eigenvalue weighted by Gasteiger charge is -2.15. The molecule has 1 aliphatic rings. The fourth-order valence-electron chi connectivity index (χ4n) is 2.14. The van der Waals surface area contributed by atoms with Gasteiger partial charge in [-0.2, -0.15) is 0 Å². The summed E-state index contributed by atoms with van der Waals surface area (Å²) in [7, 11) is 0. The molecule has 2 rings (SSSR count). The molecule has 0 saturated carbocycles. The molecule has 1 heterocycles. The average Bonchev–Trinajstić information content (AvgIpc) is 2.82. The summed E-state index contributed by atoms with van der Waals surface area (Å²) in [5.41, 5.74) is 0.706. The molecule has 0 aliphatic carbocycles. The van der Waals surface area contributed by atoms with Crippen LogP contribution in [0.3, 0.4) is 0 Å². The Hall–Kier alpha value is -0.280. The molecule has 2 atom stereocenters. The first-order valence-electron chi connectivity index (χ1n) is 5.91. The van der Waals surface area contributed by atoms with Gasteiger partial charge in [0.25, 0.3) is 0 Å². The minimum absolute atomic E-state index is 0.294. The van der Waals surface area contributed by atoms with Crippen molar-refractivity contribution in [3.8, 4) is 0 Å². The Morgan fingerprint density at radius 3 is 2.94 bits per heavy atom. The standard InChI is InChI=1S/C13H16Cl2O2/c14-9-3-5-12(15)11(8-9)13(16)6-4-10-2-1-7-17-10/h3,5,8,10,13,16H,1-2,4,6-7H2. The topological polar surface area (TPSA) is 29.5 Å². The van der Waals surface area contributed by atoms with Crippen molar-refractivity contribution < 1.29 is 9.84 Å². The molecule has 0 spiro atoms. The lowest BCUT2D eigenvalue weighted by atomic mass is 10.0. The van der Waals surface area contributed by atoms with Crippen molar-refractivity contribution in [1.82, 2.24) is 0 Å². The fraction of sp³-hybridized carbons (Fsp3) is 0.538. The second kappa shape index (κ2) is 6.05. The predicted molar refractivity (Wildman–Crippen MR) is 69.6 cm³/mol. The predicted octanol–water partition coefficient (Wildman–Crippen LogP) is 3.99. The van der Waals surface area contributed by atoms with Crippen LogP contribution in [0.4, 0.5) is 0 Å². The highest BCUT2D eigenvalue weighted by Crippen LogP contribution is 2.30. The van der Waals surface area contributed by atoms with E-state index in [4.69, 9.17) is 27.9 Å². The first kappa shape index (κ1) is 13.2. The number of hydrogen-bond donors (Lipinski definition) is 1. The summed E-state index contributed by atoms with van der Waals surface area (Å²) in [4.78, 5) is 0. The van der Waals surface area contributed by atoms with Gasteiger partial charge in [-0.25, -0.2) is 0 Å². The maximum atomic E-state index is 10.1. The third-order valence-electron chi connectivity index (χ3n) is 3.10. The van der Waals surface area contributed by atoms with Gasteiger partial charge in [0.05, 0.1) is 12.2 Å². The van der Waals surface area contributed by atoms with Crippen molar-refractivity contribution in [1.29, 1.82) is 0 Å². The Balaban J connectivity index is 1.93. The first-order chi connectivity index (χ1) is 8.16. The van der Waals surface area contributed by atoms with Crippen molar-refractivity contribution in [2.24, 2.45) is 0 Å². The van der Waals surface area contributed by atoms with E-state index in [1.54, 1.807) is 18.2 Å². The number of ether oxygens (including phenoxy) is 1. The van der Waals surface area contributed by atoms with Crippen LogP contribution in [0.1, 0.15) is 37.4 Å². The van der Waals surface area contributed by atoms with E-state index in [2.05, 4.69) is 0 Å². The Kier molecular flexibility index (Phi) is 4.69. The van der Waals surface area contributed by atoms with E-state index in [1.165, 1.54) is 0 Å². The molecule has 1 saturated heterocycles. The molecule has 1 N–H and O–H groups in total. The minimum Gasteiger partial charge on any atom is -0.388 e. The van der Waals surface area contributed by atoms with Gasteiger partial charge in [-0.3, -0.25) is 0 Å². The van der Waals surface area contributed by atoms with Crippen LogP contribution in [0.5, 0.6) is 0 Å². The van der Waals surface area contributed by atoms with Gasteiger partial charge in [0, 0.05) is 22.2 Å². The van der Waals surface area contributed by atoms with Crippen molar-refractivity contribution in [3.05, 3.63) is 33.8 Å². The van der Waals surface area contributed by atoms with Gasteiger partial charge in [-0.15, -0.1) is 0 Å². The molecule has 2 nitrogen and oxygen atoms in total. The zero-order valence-corrected chi connectivity index (χ0v) is 11.0. The summed E-state index contributed by atoms with van der Waals surface area (Å²) in [6.45, 7) is 0.846. The average molecular weight is 275 g/mol. The molecule has 94 valence electrons. The van der Waals surface area contributed by atoms with Gasteiger partial charge in [0.2, 0.25) is 0 Å². The second-order valence-electron chi connectivity index (χ2n) is 4.39. The highest BCUT2D eigenvalue weighted by Gasteiger charge is 2.19. The molecular formula is C13H16Cl2O2. The number of aliphatic hydroxyl groups excluding tert-OH is 1. The number of hydrogen-bond acceptors (Lipinski definition) is 2. The number of benzene rings is 1. The molecule has 1 aromatic carbocycles. The quantitative estimate of drug-likeness (QED) is 0.900. The molecule has 0 bridgehead atoms. The lowest BCUT2D eigenvalue weighted by Crippen LogP contribution is -2.08. The van der Waals surface area contributed by atoms with Crippen LogP contribution >= 0.6 is 23.2 Å². The molecule has 0 radical (unpaired) electrons. The molecule has 4 heteroatoms. The summed E-state index contributed by atoms with van der Waals surface area (Å²) in [5, 5.41) is 11.2. The molecule has 0 amide bonds. The highest BCUT2D eigenvalue weighted by atomic mass is 35.5. The SMILES string of the molecule is OC(CCC1CCCO1)c1cc(Cl)ccc1Cl. The third-order valence-corrected chi connectivity index (χ3v) is 3.68. The largest absolute Gasteiger partial charge is 0.388 e. The Labute approximate surface area is 111 Å². The van der Waals surface area contributed by atoms with E-state index in [1.807, 2.05) is 0 Å². The second-order valence-corrected chi connectivity index (χ2v) is 5.24. The van der Waals surface area contributed by atoms with Crippen molar-refractivity contribution in [2.45, 2.75) is 37.9 Å². The number of aliphatic hydroxyl groups is 1. The molecule has 0 aromatic heterocycles. The molecule has 1 aliphatic heterocycles. The van der Waals surface area contributed by atoms with Gasteiger partial charge in [0.1, 0.15) is 0 Å². The van der Waals surface area contributed by atoms with E-state index in [9.17, 15) is 5.11 Å². The third kappa shape index (κ3) is 3.59. The van der Waals surface area contributed by atoms with Crippen LogP contribution in [0.25, 0.3) is 0 Å². The smallest absolute Gasteiger partial charge is 0.0805 e. The summed E-state index contributed by atoms with van der Waals surface area (Å²) in [6, 6.07) is 5.17. The summed E-state index contributed by atoms with van der Waals surface area (Å²) in [6.07, 6.45) is 3.47. The molecule has 1 fully saturated rings. The van der Waals surface area contributed by atoms with Crippen LogP contribution in [-0.4, -0.2) is 17.8 Å². The zero-order chi connectivity index (χ0) is 12.3. The van der Waals surface area contributed by atoms with E-state index in [0.29, 0.717) is 28.1 Å². The van der Waals surface area contributed by atoms with Gasteiger partial charge >= 0.3 is 0 Å². The van der Waals surface area contributed by atoms with E-state index in [0.717, 1.165) is 25.9 Å². The van der Waals surface area contributed by atoms with Crippen LogP contribution in [0, 0.1) is 0 Å². The normalized spacial score (nSPS) is 21.7. The first-order valence-corrected chi connectivity index (χ1v) is 6.67. The monoisotopic (exact) mass is 274 g/mol. The molecular weight excluding hydrogens is 259 g/mol. The summed E-state index contributed by atoms with van der Waals surface area (Å²) in [5.74, 6) is 0. The van der Waals surface area contributed by atoms with E-state index in [-0.39, 0.29) is 0 Å². The van der Waals surface area contributed by atoms with Crippen LogP contribution in [0.15, 0.2) is 18.2 Å². The maximum Gasteiger partial charge on any atom is 0.0805 e. The highest BCUT2D eigenvalue weighted by molar-refractivity contribution is 6.33. The Bertz CT molecular complexity index is 376. The van der Waals surface area contributed by atoms with E-state index >= 15 is 0 Å². The molecule has 17 heavy (non-hydrogen) atoms. The van der Waals surface area contributed by atoms with Crippen molar-refractivity contribution in [3.63, 3.8) is 0 Å². The van der Waals surface area contributed by atoms with E-state index < -0.39 is 6.10 Å². The maximum absolute atomic E-state index is 10.1. The van der Waals surface area contributed by atoms with Crippen LogP contribution < -0.4 is 0 Å². The number of halogens is 2. The van der Waals surface area contributed by atoms with Crippen molar-refractivity contribution in [2.75, 3.05) is 6.61 Å². The fourth-order valence-corrected chi connectivity index (χ4v) is 2.57. The van der Waals surface area contributed by atoms with Gasteiger partial charge in [0.15, 0.2) is 0 Å². The minimum atomic E-state index is -0.564. The van der Waals surface area contributed by atoms with Crippen molar-refractivity contribution >= 4 is 23.2 Å². The molecule has 1 aromatic rings. The van der Waals surface area contributed by atoms with Crippen LogP contribution in [0.2, 0.25) is 10.0 Å².